The van der Waals surface area contributed by atoms with Crippen molar-refractivity contribution >= 4 is 17.7 Å². The lowest BCUT2D eigenvalue weighted by Crippen LogP contribution is -2.37. The number of hydrogen-bond donors (Lipinski definition) is 1. The third-order valence-corrected chi connectivity index (χ3v) is 3.85. The molecule has 18 heavy (non-hydrogen) atoms. The molecule has 4 heteroatoms. The van der Waals surface area contributed by atoms with E-state index in [1.165, 1.54) is 0 Å². The van der Waals surface area contributed by atoms with Crippen molar-refractivity contribution in [3.8, 4) is 5.75 Å². The van der Waals surface area contributed by atoms with E-state index in [2.05, 4.69) is 12.2 Å². The summed E-state index contributed by atoms with van der Waals surface area (Å²) in [6, 6.07) is 7.98. The molecular formula is C14H21NO2S. The summed E-state index contributed by atoms with van der Waals surface area (Å²) in [6.45, 7) is 6.00. The summed E-state index contributed by atoms with van der Waals surface area (Å²) in [6.07, 6.45) is 0.950. The summed E-state index contributed by atoms with van der Waals surface area (Å²) in [7, 11) is 1.64. The Balaban J connectivity index is 2.52. The number of rotatable bonds is 6. The van der Waals surface area contributed by atoms with Gasteiger partial charge in [0.1, 0.15) is 5.75 Å². The summed E-state index contributed by atoms with van der Waals surface area (Å²) in [5, 5.41) is 2.90. The Hall–Kier alpha value is -1.16. The molecule has 1 rings (SSSR count). The molecule has 1 aromatic carbocycles. The average Bonchev–Trinajstić information content (AvgIpc) is 2.39. The van der Waals surface area contributed by atoms with E-state index < -0.39 is 0 Å². The smallest absolute Gasteiger partial charge is 0.233 e. The second-order valence-electron chi connectivity index (χ2n) is 4.25. The molecule has 1 N–H and O–H groups in total. The maximum Gasteiger partial charge on any atom is 0.233 e. The monoisotopic (exact) mass is 267 g/mol. The van der Waals surface area contributed by atoms with Gasteiger partial charge in [0.15, 0.2) is 0 Å². The summed E-state index contributed by atoms with van der Waals surface area (Å²) in [5.74, 6) is 0.918. The van der Waals surface area contributed by atoms with Crippen LogP contribution < -0.4 is 10.1 Å². The normalized spacial score (nSPS) is 13.8. The summed E-state index contributed by atoms with van der Waals surface area (Å²) in [5.41, 5.74) is 0. The summed E-state index contributed by atoms with van der Waals surface area (Å²) in [4.78, 5) is 13.0. The maximum atomic E-state index is 11.9. The second-order valence-corrected chi connectivity index (χ2v) is 5.67. The molecule has 0 unspecified atom stereocenters. The molecule has 0 aliphatic rings. The molecule has 0 aliphatic heterocycles. The van der Waals surface area contributed by atoms with E-state index in [9.17, 15) is 4.79 Å². The Morgan fingerprint density at radius 3 is 2.44 bits per heavy atom. The molecule has 2 atom stereocenters. The van der Waals surface area contributed by atoms with Crippen molar-refractivity contribution in [2.24, 2.45) is 0 Å². The van der Waals surface area contributed by atoms with Gasteiger partial charge in [-0.05, 0) is 44.5 Å². The zero-order valence-corrected chi connectivity index (χ0v) is 12.2. The first-order valence-electron chi connectivity index (χ1n) is 6.18. The number of nitrogens with one attached hydrogen (secondary N) is 1. The van der Waals surface area contributed by atoms with E-state index in [0.717, 1.165) is 17.1 Å². The standard InChI is InChI=1S/C14H21NO2S/c1-5-10(2)15-14(16)11(3)18-13-8-6-12(17-4)7-9-13/h6-11H,5H2,1-4H3,(H,15,16)/t10-,11+/m0/s1. The minimum absolute atomic E-state index is 0.0881. The highest BCUT2D eigenvalue weighted by Gasteiger charge is 2.15. The van der Waals surface area contributed by atoms with Crippen LogP contribution in [0.3, 0.4) is 0 Å². The zero-order chi connectivity index (χ0) is 13.5. The van der Waals surface area contributed by atoms with Crippen molar-refractivity contribution in [2.45, 2.75) is 43.4 Å². The highest BCUT2D eigenvalue weighted by molar-refractivity contribution is 8.00. The van der Waals surface area contributed by atoms with E-state index in [0.29, 0.717) is 0 Å². The number of carbonyl (C=O) groups is 1. The van der Waals surface area contributed by atoms with Crippen LogP contribution in [0.5, 0.6) is 5.75 Å². The van der Waals surface area contributed by atoms with Gasteiger partial charge in [0.05, 0.1) is 12.4 Å². The fraction of sp³-hybridized carbons (Fsp3) is 0.500. The molecule has 0 radical (unpaired) electrons. The van der Waals surface area contributed by atoms with Crippen LogP contribution in [0.2, 0.25) is 0 Å². The fourth-order valence-electron chi connectivity index (χ4n) is 1.37. The first-order valence-corrected chi connectivity index (χ1v) is 7.05. The number of thioether (sulfide) groups is 1. The number of hydrogen-bond acceptors (Lipinski definition) is 3. The highest BCUT2D eigenvalue weighted by Crippen LogP contribution is 2.25. The fourth-order valence-corrected chi connectivity index (χ4v) is 2.25. The van der Waals surface area contributed by atoms with E-state index >= 15 is 0 Å². The van der Waals surface area contributed by atoms with Crippen molar-refractivity contribution < 1.29 is 9.53 Å². The minimum Gasteiger partial charge on any atom is -0.497 e. The van der Waals surface area contributed by atoms with Crippen LogP contribution in [0, 0.1) is 0 Å². The molecule has 0 bridgehead atoms. The molecule has 3 nitrogen and oxygen atoms in total. The molecule has 0 spiro atoms. The van der Waals surface area contributed by atoms with Crippen LogP contribution in [0.15, 0.2) is 29.2 Å². The van der Waals surface area contributed by atoms with Gasteiger partial charge in [-0.25, -0.2) is 0 Å². The number of benzene rings is 1. The lowest BCUT2D eigenvalue weighted by atomic mass is 10.2. The molecule has 0 aromatic heterocycles. The predicted molar refractivity (Wildman–Crippen MR) is 76.2 cm³/mol. The van der Waals surface area contributed by atoms with Crippen LogP contribution >= 0.6 is 11.8 Å². The number of methoxy groups -OCH3 is 1. The van der Waals surface area contributed by atoms with E-state index in [-0.39, 0.29) is 17.2 Å². The third kappa shape index (κ3) is 4.61. The molecule has 0 saturated carbocycles. The molecule has 1 amide bonds. The van der Waals surface area contributed by atoms with E-state index in [1.807, 2.05) is 38.1 Å². The third-order valence-electron chi connectivity index (χ3n) is 2.74. The zero-order valence-electron chi connectivity index (χ0n) is 11.4. The quantitative estimate of drug-likeness (QED) is 0.805. The lowest BCUT2D eigenvalue weighted by molar-refractivity contribution is -0.120. The van der Waals surface area contributed by atoms with Gasteiger partial charge in [0.25, 0.3) is 0 Å². The van der Waals surface area contributed by atoms with Crippen LogP contribution in [0.25, 0.3) is 0 Å². The predicted octanol–water partition coefficient (Wildman–Crippen LogP) is 3.09. The van der Waals surface area contributed by atoms with Gasteiger partial charge in [-0.15, -0.1) is 11.8 Å². The number of ether oxygens (including phenoxy) is 1. The van der Waals surface area contributed by atoms with E-state index in [1.54, 1.807) is 18.9 Å². The minimum atomic E-state index is -0.0904. The van der Waals surface area contributed by atoms with Gasteiger partial charge >= 0.3 is 0 Å². The van der Waals surface area contributed by atoms with Crippen molar-refractivity contribution in [1.29, 1.82) is 0 Å². The molecule has 0 fully saturated rings. The Bertz CT molecular complexity index is 378. The Morgan fingerprint density at radius 2 is 1.94 bits per heavy atom. The topological polar surface area (TPSA) is 38.3 Å². The number of carbonyl (C=O) groups excluding carboxylic acids is 1. The molecule has 0 aliphatic carbocycles. The lowest BCUT2D eigenvalue weighted by Gasteiger charge is -2.16. The van der Waals surface area contributed by atoms with Crippen molar-refractivity contribution in [2.75, 3.05) is 7.11 Å². The van der Waals surface area contributed by atoms with Crippen molar-refractivity contribution in [1.82, 2.24) is 5.32 Å². The van der Waals surface area contributed by atoms with E-state index in [4.69, 9.17) is 4.74 Å². The van der Waals surface area contributed by atoms with Gasteiger partial charge in [-0.3, -0.25) is 4.79 Å². The molecular weight excluding hydrogens is 246 g/mol. The average molecular weight is 267 g/mol. The molecule has 0 heterocycles. The second kappa shape index (κ2) is 7.31. The van der Waals surface area contributed by atoms with Crippen LogP contribution in [-0.4, -0.2) is 24.3 Å². The van der Waals surface area contributed by atoms with Crippen LogP contribution in [-0.2, 0) is 4.79 Å². The van der Waals surface area contributed by atoms with Gasteiger partial charge < -0.3 is 10.1 Å². The van der Waals surface area contributed by atoms with Gasteiger partial charge in [0, 0.05) is 10.9 Å². The van der Waals surface area contributed by atoms with Crippen molar-refractivity contribution in [3.63, 3.8) is 0 Å². The number of amides is 1. The molecule has 0 saturated heterocycles. The summed E-state index contributed by atoms with van der Waals surface area (Å²) < 4.78 is 5.10. The maximum absolute atomic E-state index is 11.9. The Labute approximate surface area is 113 Å². The van der Waals surface area contributed by atoms with Gasteiger partial charge in [0.2, 0.25) is 5.91 Å². The molecule has 100 valence electrons. The Morgan fingerprint density at radius 1 is 1.33 bits per heavy atom. The van der Waals surface area contributed by atoms with Gasteiger partial charge in [-0.1, -0.05) is 6.92 Å². The first kappa shape index (κ1) is 14.9. The molecule has 1 aromatic rings. The largest absolute Gasteiger partial charge is 0.497 e. The summed E-state index contributed by atoms with van der Waals surface area (Å²) >= 11 is 1.56. The van der Waals surface area contributed by atoms with Crippen LogP contribution in [0.1, 0.15) is 27.2 Å². The van der Waals surface area contributed by atoms with Crippen molar-refractivity contribution in [3.05, 3.63) is 24.3 Å². The first-order chi connectivity index (χ1) is 8.56. The van der Waals surface area contributed by atoms with Gasteiger partial charge in [-0.2, -0.15) is 0 Å². The van der Waals surface area contributed by atoms with Crippen LogP contribution in [0.4, 0.5) is 0 Å². The SMILES string of the molecule is CC[C@H](C)NC(=O)[C@@H](C)Sc1ccc(OC)cc1. The Kier molecular flexibility index (Phi) is 6.05. The highest BCUT2D eigenvalue weighted by atomic mass is 32.2.